The zero-order valence-electron chi connectivity index (χ0n) is 12.7. The van der Waals surface area contributed by atoms with Crippen LogP contribution in [0, 0.1) is 12.3 Å². The molecular formula is C17H18N2O3. The highest BCUT2D eigenvalue weighted by molar-refractivity contribution is 6.07. The van der Waals surface area contributed by atoms with Gasteiger partial charge in [0.25, 0.3) is 5.91 Å². The average Bonchev–Trinajstić information content (AvgIpc) is 2.70. The molecule has 1 aliphatic rings. The highest BCUT2D eigenvalue weighted by atomic mass is 16.5. The lowest BCUT2D eigenvalue weighted by atomic mass is 9.92. The van der Waals surface area contributed by atoms with Crippen LogP contribution >= 0.6 is 0 Å². The number of amides is 3. The van der Waals surface area contributed by atoms with Crippen molar-refractivity contribution in [2.45, 2.75) is 19.4 Å². The fourth-order valence-electron chi connectivity index (χ4n) is 2.22. The molecule has 5 heteroatoms. The molecule has 0 radical (unpaired) electrons. The molecule has 1 N–H and O–H groups in total. The van der Waals surface area contributed by atoms with Crippen LogP contribution in [0.1, 0.15) is 19.4 Å². The van der Waals surface area contributed by atoms with E-state index in [-0.39, 0.29) is 12.5 Å². The van der Waals surface area contributed by atoms with E-state index >= 15 is 0 Å². The van der Waals surface area contributed by atoms with Gasteiger partial charge in [0.1, 0.15) is 17.9 Å². The minimum absolute atomic E-state index is 0.0416. The van der Waals surface area contributed by atoms with Gasteiger partial charge in [-0.3, -0.25) is 9.69 Å². The van der Waals surface area contributed by atoms with E-state index in [0.717, 1.165) is 10.5 Å². The number of nitrogens with zero attached hydrogens (tertiary/aromatic N) is 1. The van der Waals surface area contributed by atoms with Crippen molar-refractivity contribution >= 4 is 11.9 Å². The van der Waals surface area contributed by atoms with Crippen molar-refractivity contribution in [3.63, 3.8) is 0 Å². The maximum Gasteiger partial charge on any atom is 0.326 e. The molecule has 1 saturated heterocycles. The fourth-order valence-corrected chi connectivity index (χ4v) is 2.22. The number of rotatable bonds is 5. The SMILES string of the molecule is C#CCN1C(=O)NC(C)(c2ccc(OCC(=C)C)cc2)C1=O. The largest absolute Gasteiger partial charge is 0.489 e. The molecule has 0 aromatic heterocycles. The number of hydrogen-bond donors (Lipinski definition) is 1. The van der Waals surface area contributed by atoms with Crippen LogP contribution in [0.2, 0.25) is 0 Å². The number of urea groups is 1. The first-order valence-electron chi connectivity index (χ1n) is 6.84. The summed E-state index contributed by atoms with van der Waals surface area (Å²) in [6.07, 6.45) is 5.19. The fraction of sp³-hybridized carbons (Fsp3) is 0.294. The van der Waals surface area contributed by atoms with Gasteiger partial charge in [0.05, 0.1) is 6.54 Å². The second-order valence-electron chi connectivity index (χ2n) is 5.42. The van der Waals surface area contributed by atoms with E-state index < -0.39 is 11.6 Å². The Hall–Kier alpha value is -2.74. The van der Waals surface area contributed by atoms with Crippen molar-refractivity contribution < 1.29 is 14.3 Å². The standard InChI is InChI=1S/C17H18N2O3/c1-5-10-19-15(20)17(4,18-16(19)21)13-6-8-14(9-7-13)22-11-12(2)3/h1,6-9H,2,10-11H2,3-4H3,(H,18,21). The zero-order valence-corrected chi connectivity index (χ0v) is 12.7. The maximum absolute atomic E-state index is 12.4. The van der Waals surface area contributed by atoms with Gasteiger partial charge in [-0.25, -0.2) is 4.79 Å². The van der Waals surface area contributed by atoms with E-state index in [1.807, 2.05) is 6.92 Å². The summed E-state index contributed by atoms with van der Waals surface area (Å²) in [5.41, 5.74) is 0.480. The lowest BCUT2D eigenvalue weighted by Gasteiger charge is -2.22. The predicted molar refractivity (Wildman–Crippen MR) is 83.2 cm³/mol. The highest BCUT2D eigenvalue weighted by Gasteiger charge is 2.48. The summed E-state index contributed by atoms with van der Waals surface area (Å²) in [6, 6.07) is 6.55. The molecule has 22 heavy (non-hydrogen) atoms. The number of ether oxygens (including phenoxy) is 1. The average molecular weight is 298 g/mol. The third kappa shape index (κ3) is 2.82. The van der Waals surface area contributed by atoms with Crippen molar-refractivity contribution in [3.8, 4) is 18.1 Å². The molecule has 0 saturated carbocycles. The van der Waals surface area contributed by atoms with E-state index in [0.29, 0.717) is 17.9 Å². The second kappa shape index (κ2) is 5.94. The molecule has 0 spiro atoms. The zero-order chi connectivity index (χ0) is 16.3. The Morgan fingerprint density at radius 1 is 1.41 bits per heavy atom. The Bertz CT molecular complexity index is 657. The van der Waals surface area contributed by atoms with Gasteiger partial charge < -0.3 is 10.1 Å². The first-order chi connectivity index (χ1) is 10.4. The molecule has 0 aliphatic carbocycles. The monoisotopic (exact) mass is 298 g/mol. The van der Waals surface area contributed by atoms with Crippen LogP contribution in [0.25, 0.3) is 0 Å². The minimum atomic E-state index is -1.11. The van der Waals surface area contributed by atoms with Gasteiger partial charge in [0, 0.05) is 0 Å². The van der Waals surface area contributed by atoms with E-state index in [9.17, 15) is 9.59 Å². The Morgan fingerprint density at radius 3 is 2.59 bits per heavy atom. The number of nitrogens with one attached hydrogen (secondary N) is 1. The van der Waals surface area contributed by atoms with Gasteiger partial charge in [-0.1, -0.05) is 24.6 Å². The summed E-state index contributed by atoms with van der Waals surface area (Å²) in [6.45, 7) is 7.70. The molecular weight excluding hydrogens is 280 g/mol. The lowest BCUT2D eigenvalue weighted by Crippen LogP contribution is -2.40. The summed E-state index contributed by atoms with van der Waals surface area (Å²) >= 11 is 0. The van der Waals surface area contributed by atoms with Gasteiger partial charge >= 0.3 is 6.03 Å². The minimum Gasteiger partial charge on any atom is -0.489 e. The molecule has 1 aromatic carbocycles. The van der Waals surface area contributed by atoms with Crippen molar-refractivity contribution in [1.29, 1.82) is 0 Å². The van der Waals surface area contributed by atoms with E-state index in [1.54, 1.807) is 31.2 Å². The van der Waals surface area contributed by atoms with Crippen LogP contribution in [0.15, 0.2) is 36.4 Å². The second-order valence-corrected chi connectivity index (χ2v) is 5.42. The normalized spacial score (nSPS) is 20.5. The maximum atomic E-state index is 12.4. The third-order valence-electron chi connectivity index (χ3n) is 3.44. The molecule has 1 atom stereocenters. The quantitative estimate of drug-likeness (QED) is 0.514. The summed E-state index contributed by atoms with van der Waals surface area (Å²) < 4.78 is 5.52. The molecule has 5 nitrogen and oxygen atoms in total. The lowest BCUT2D eigenvalue weighted by molar-refractivity contribution is -0.130. The van der Waals surface area contributed by atoms with Crippen LogP contribution in [-0.2, 0) is 10.3 Å². The van der Waals surface area contributed by atoms with Crippen LogP contribution in [-0.4, -0.2) is 30.0 Å². The first kappa shape index (κ1) is 15.6. The smallest absolute Gasteiger partial charge is 0.326 e. The van der Waals surface area contributed by atoms with Gasteiger partial charge in [0.2, 0.25) is 0 Å². The summed E-state index contributed by atoms with van der Waals surface area (Å²) in [4.78, 5) is 25.3. The van der Waals surface area contributed by atoms with Crippen LogP contribution in [0.3, 0.4) is 0 Å². The van der Waals surface area contributed by atoms with Gasteiger partial charge in [-0.05, 0) is 37.1 Å². The van der Waals surface area contributed by atoms with E-state index in [1.165, 1.54) is 0 Å². The Labute approximate surface area is 129 Å². The highest BCUT2D eigenvalue weighted by Crippen LogP contribution is 2.29. The number of carbonyl (C=O) groups excluding carboxylic acids is 2. The van der Waals surface area contributed by atoms with Crippen molar-refractivity contribution in [2.75, 3.05) is 13.2 Å². The van der Waals surface area contributed by atoms with Crippen molar-refractivity contribution in [2.24, 2.45) is 0 Å². The van der Waals surface area contributed by atoms with E-state index in [4.69, 9.17) is 11.2 Å². The summed E-state index contributed by atoms with van der Waals surface area (Å²) in [7, 11) is 0. The third-order valence-corrected chi connectivity index (χ3v) is 3.44. The molecule has 0 bridgehead atoms. The number of terminal acetylenes is 1. The van der Waals surface area contributed by atoms with Crippen molar-refractivity contribution in [1.82, 2.24) is 10.2 Å². The van der Waals surface area contributed by atoms with Crippen LogP contribution in [0.5, 0.6) is 5.75 Å². The molecule has 1 aromatic rings. The molecule has 3 amide bonds. The van der Waals surface area contributed by atoms with Gasteiger partial charge in [0.15, 0.2) is 0 Å². The predicted octanol–water partition coefficient (Wildman–Crippen LogP) is 2.04. The van der Waals surface area contributed by atoms with Gasteiger partial charge in [-0.15, -0.1) is 6.42 Å². The molecule has 1 heterocycles. The first-order valence-corrected chi connectivity index (χ1v) is 6.84. The van der Waals surface area contributed by atoms with Crippen LogP contribution < -0.4 is 10.1 Å². The summed E-state index contributed by atoms with van der Waals surface area (Å²) in [5, 5.41) is 2.69. The Balaban J connectivity index is 2.21. The molecule has 1 aliphatic heterocycles. The van der Waals surface area contributed by atoms with E-state index in [2.05, 4.69) is 17.8 Å². The van der Waals surface area contributed by atoms with Gasteiger partial charge in [-0.2, -0.15) is 0 Å². The molecule has 2 rings (SSSR count). The van der Waals surface area contributed by atoms with Crippen LogP contribution in [0.4, 0.5) is 4.79 Å². The Kier molecular flexibility index (Phi) is 4.22. The number of hydrogen-bond acceptors (Lipinski definition) is 3. The molecule has 1 fully saturated rings. The van der Waals surface area contributed by atoms with Crippen molar-refractivity contribution in [3.05, 3.63) is 42.0 Å². The Morgan fingerprint density at radius 2 is 2.05 bits per heavy atom. The molecule has 1 unspecified atom stereocenters. The summed E-state index contributed by atoms with van der Waals surface area (Å²) in [5.74, 6) is 2.63. The molecule has 114 valence electrons. The number of benzene rings is 1. The number of imide groups is 1. The number of carbonyl (C=O) groups is 2. The topological polar surface area (TPSA) is 58.6 Å².